The van der Waals surface area contributed by atoms with Crippen molar-refractivity contribution < 1.29 is 23.9 Å². The molecule has 1 amide bonds. The summed E-state index contributed by atoms with van der Waals surface area (Å²) >= 11 is 0. The third kappa shape index (κ3) is 4.68. The summed E-state index contributed by atoms with van der Waals surface area (Å²) in [5.41, 5.74) is 0.983. The highest BCUT2D eigenvalue weighted by Crippen LogP contribution is 2.32. The van der Waals surface area contributed by atoms with Gasteiger partial charge < -0.3 is 24.8 Å². The summed E-state index contributed by atoms with van der Waals surface area (Å²) in [6.07, 6.45) is 0.778. The van der Waals surface area contributed by atoms with Crippen LogP contribution in [0.4, 0.5) is 17.1 Å². The van der Waals surface area contributed by atoms with Gasteiger partial charge in [0.05, 0.1) is 30.3 Å². The van der Waals surface area contributed by atoms with E-state index in [2.05, 4.69) is 10.6 Å². The number of carbonyl (C=O) groups excluding carboxylic acids is 1. The summed E-state index contributed by atoms with van der Waals surface area (Å²) < 4.78 is 16.2. The number of nitro benzene ring substituents is 1. The average Bonchev–Trinajstić information content (AvgIpc) is 2.93. The van der Waals surface area contributed by atoms with Crippen LogP contribution in [-0.4, -0.2) is 44.3 Å². The first-order valence-electron chi connectivity index (χ1n) is 8.81. The lowest BCUT2D eigenvalue weighted by Crippen LogP contribution is -2.17. The number of ether oxygens (including phenoxy) is 3. The maximum atomic E-state index is 12.8. The Morgan fingerprint density at radius 3 is 2.71 bits per heavy atom. The Morgan fingerprint density at radius 2 is 1.96 bits per heavy atom. The molecule has 0 saturated carbocycles. The van der Waals surface area contributed by atoms with Crippen molar-refractivity contribution in [2.45, 2.75) is 6.42 Å². The number of anilines is 2. The Kier molecular flexibility index (Phi) is 6.28. The van der Waals surface area contributed by atoms with Gasteiger partial charge >= 0.3 is 0 Å². The molecule has 28 heavy (non-hydrogen) atoms. The number of benzene rings is 2. The van der Waals surface area contributed by atoms with E-state index in [0.29, 0.717) is 49.2 Å². The lowest BCUT2D eigenvalue weighted by Gasteiger charge is -2.13. The van der Waals surface area contributed by atoms with Gasteiger partial charge in [0.2, 0.25) is 0 Å². The van der Waals surface area contributed by atoms with Gasteiger partial charge in [0.15, 0.2) is 11.5 Å². The second kappa shape index (κ2) is 9.05. The minimum absolute atomic E-state index is 0.164. The van der Waals surface area contributed by atoms with Crippen LogP contribution in [0.1, 0.15) is 16.8 Å². The van der Waals surface area contributed by atoms with Crippen LogP contribution in [0.5, 0.6) is 11.5 Å². The van der Waals surface area contributed by atoms with Crippen LogP contribution >= 0.6 is 0 Å². The van der Waals surface area contributed by atoms with E-state index in [1.54, 1.807) is 25.3 Å². The molecule has 2 N–H and O–H groups in total. The molecule has 0 aromatic heterocycles. The van der Waals surface area contributed by atoms with Crippen LogP contribution in [0.15, 0.2) is 36.4 Å². The smallest absolute Gasteiger partial charge is 0.270 e. The summed E-state index contributed by atoms with van der Waals surface area (Å²) in [6.45, 7) is 1.99. The fourth-order valence-corrected chi connectivity index (χ4v) is 2.72. The summed E-state index contributed by atoms with van der Waals surface area (Å²) in [5, 5.41) is 16.9. The summed E-state index contributed by atoms with van der Waals surface area (Å²) in [4.78, 5) is 23.4. The number of carbonyl (C=O) groups is 1. The van der Waals surface area contributed by atoms with Crippen molar-refractivity contribution in [1.82, 2.24) is 0 Å². The number of amides is 1. The quantitative estimate of drug-likeness (QED) is 0.426. The van der Waals surface area contributed by atoms with Crippen molar-refractivity contribution in [3.05, 3.63) is 52.1 Å². The van der Waals surface area contributed by atoms with Crippen LogP contribution in [0.25, 0.3) is 0 Å². The van der Waals surface area contributed by atoms with Gasteiger partial charge in [-0.05, 0) is 18.2 Å². The number of non-ortho nitro benzene ring substituents is 1. The third-order valence-corrected chi connectivity index (χ3v) is 4.09. The molecule has 9 heteroatoms. The Hall–Kier alpha value is -3.33. The molecule has 0 atom stereocenters. The summed E-state index contributed by atoms with van der Waals surface area (Å²) in [6, 6.07) is 9.19. The fourth-order valence-electron chi connectivity index (χ4n) is 2.72. The minimum Gasteiger partial charge on any atom is -0.490 e. The Bertz CT molecular complexity index is 871. The predicted molar refractivity (Wildman–Crippen MR) is 103 cm³/mol. The topological polar surface area (TPSA) is 112 Å². The van der Waals surface area contributed by atoms with Crippen molar-refractivity contribution >= 4 is 23.0 Å². The van der Waals surface area contributed by atoms with E-state index in [-0.39, 0.29) is 11.3 Å². The van der Waals surface area contributed by atoms with E-state index < -0.39 is 10.8 Å². The predicted octanol–water partition coefficient (Wildman–Crippen LogP) is 3.07. The molecule has 0 bridgehead atoms. The molecule has 0 radical (unpaired) electrons. The molecule has 1 heterocycles. The molecule has 0 saturated heterocycles. The van der Waals surface area contributed by atoms with Crippen LogP contribution in [0, 0.1) is 10.1 Å². The highest BCUT2D eigenvalue weighted by atomic mass is 16.6. The lowest BCUT2D eigenvalue weighted by atomic mass is 10.1. The number of rotatable bonds is 7. The number of nitrogens with one attached hydrogen (secondary N) is 2. The van der Waals surface area contributed by atoms with Gasteiger partial charge in [-0.3, -0.25) is 14.9 Å². The molecule has 3 rings (SSSR count). The second-order valence-corrected chi connectivity index (χ2v) is 6.07. The molecule has 0 spiro atoms. The molecule has 2 aromatic carbocycles. The van der Waals surface area contributed by atoms with Crippen molar-refractivity contribution in [3.8, 4) is 11.5 Å². The number of hydrogen-bond acceptors (Lipinski definition) is 7. The third-order valence-electron chi connectivity index (χ3n) is 4.09. The van der Waals surface area contributed by atoms with Crippen LogP contribution in [0.2, 0.25) is 0 Å². The lowest BCUT2D eigenvalue weighted by molar-refractivity contribution is -0.384. The first-order chi connectivity index (χ1) is 13.6. The van der Waals surface area contributed by atoms with Crippen LogP contribution in [0.3, 0.4) is 0 Å². The Balaban J connectivity index is 1.83. The van der Waals surface area contributed by atoms with E-state index >= 15 is 0 Å². The molecule has 0 unspecified atom stereocenters. The first kappa shape index (κ1) is 19.4. The van der Waals surface area contributed by atoms with Crippen molar-refractivity contribution in [1.29, 1.82) is 0 Å². The SMILES string of the molecule is COCCNc1ccc([N+](=O)[O-])cc1C(=O)Nc1ccc2c(c1)OCCCO2. The normalized spacial score (nSPS) is 12.8. The Morgan fingerprint density at radius 1 is 1.18 bits per heavy atom. The highest BCUT2D eigenvalue weighted by molar-refractivity contribution is 6.08. The van der Waals surface area contributed by atoms with Gasteiger partial charge in [0, 0.05) is 49.6 Å². The van der Waals surface area contributed by atoms with E-state index in [1.165, 1.54) is 18.2 Å². The van der Waals surface area contributed by atoms with Crippen LogP contribution < -0.4 is 20.1 Å². The van der Waals surface area contributed by atoms with Gasteiger partial charge in [-0.1, -0.05) is 0 Å². The molecule has 1 aliphatic heterocycles. The zero-order valence-corrected chi connectivity index (χ0v) is 15.4. The number of hydrogen-bond donors (Lipinski definition) is 2. The number of methoxy groups -OCH3 is 1. The maximum absolute atomic E-state index is 12.8. The van der Waals surface area contributed by atoms with E-state index in [0.717, 1.165) is 6.42 Å². The number of nitrogens with zero attached hydrogens (tertiary/aromatic N) is 1. The average molecular weight is 387 g/mol. The monoisotopic (exact) mass is 387 g/mol. The van der Waals surface area contributed by atoms with Gasteiger partial charge in [-0.2, -0.15) is 0 Å². The molecule has 0 aliphatic carbocycles. The molecule has 1 aliphatic rings. The zero-order chi connectivity index (χ0) is 19.9. The molecule has 9 nitrogen and oxygen atoms in total. The molecular formula is C19H21N3O6. The van der Waals surface area contributed by atoms with Crippen molar-refractivity contribution in [3.63, 3.8) is 0 Å². The molecule has 148 valence electrons. The highest BCUT2D eigenvalue weighted by Gasteiger charge is 2.18. The van der Waals surface area contributed by atoms with E-state index in [9.17, 15) is 14.9 Å². The molecule has 2 aromatic rings. The van der Waals surface area contributed by atoms with Crippen molar-refractivity contribution in [2.75, 3.05) is 44.1 Å². The summed E-state index contributed by atoms with van der Waals surface area (Å²) in [7, 11) is 1.56. The number of fused-ring (bicyclic) bond motifs is 1. The van der Waals surface area contributed by atoms with Gasteiger partial charge in [0.25, 0.3) is 11.6 Å². The fraction of sp³-hybridized carbons (Fsp3) is 0.316. The standard InChI is InChI=1S/C19H21N3O6/c1-26-10-7-20-16-5-4-14(22(24)25)12-15(16)19(23)21-13-3-6-17-18(11-13)28-9-2-8-27-17/h3-6,11-12,20H,2,7-10H2,1H3,(H,21,23). The van der Waals surface area contributed by atoms with Crippen LogP contribution in [-0.2, 0) is 4.74 Å². The first-order valence-corrected chi connectivity index (χ1v) is 8.81. The van der Waals surface area contributed by atoms with E-state index in [1.807, 2.05) is 0 Å². The van der Waals surface area contributed by atoms with Crippen molar-refractivity contribution in [2.24, 2.45) is 0 Å². The van der Waals surface area contributed by atoms with Gasteiger partial charge in [-0.25, -0.2) is 0 Å². The zero-order valence-electron chi connectivity index (χ0n) is 15.4. The van der Waals surface area contributed by atoms with Gasteiger partial charge in [0.1, 0.15) is 0 Å². The van der Waals surface area contributed by atoms with E-state index in [4.69, 9.17) is 14.2 Å². The minimum atomic E-state index is -0.538. The molecular weight excluding hydrogens is 366 g/mol. The number of nitro groups is 1. The maximum Gasteiger partial charge on any atom is 0.270 e. The summed E-state index contributed by atoms with van der Waals surface area (Å²) in [5.74, 6) is 0.693. The largest absolute Gasteiger partial charge is 0.490 e. The Labute approximate surface area is 161 Å². The molecule has 0 fully saturated rings. The second-order valence-electron chi connectivity index (χ2n) is 6.07. The van der Waals surface area contributed by atoms with Gasteiger partial charge in [-0.15, -0.1) is 0 Å².